The van der Waals surface area contributed by atoms with Gasteiger partial charge in [0.15, 0.2) is 4.90 Å². The second-order valence-electron chi connectivity index (χ2n) is 6.36. The molecule has 0 saturated heterocycles. The number of nitro benzene ring substituents is 2. The summed E-state index contributed by atoms with van der Waals surface area (Å²) in [6, 6.07) is 8.56. The highest BCUT2D eigenvalue weighted by atomic mass is 32.2. The van der Waals surface area contributed by atoms with Gasteiger partial charge in [-0.1, -0.05) is 26.0 Å². The number of anilines is 1. The second-order valence-corrected chi connectivity index (χ2v) is 8.04. The fourth-order valence-corrected chi connectivity index (χ4v) is 3.96. The monoisotopic (exact) mass is 422 g/mol. The average molecular weight is 422 g/mol. The summed E-state index contributed by atoms with van der Waals surface area (Å²) in [6.45, 7) is 3.20. The van der Waals surface area contributed by atoms with Gasteiger partial charge in [-0.2, -0.15) is 4.72 Å². The maximum atomic E-state index is 12.7. The van der Waals surface area contributed by atoms with Crippen molar-refractivity contribution >= 4 is 33.0 Å². The number of para-hydroxylation sites is 1. The first kappa shape index (κ1) is 21.9. The van der Waals surface area contributed by atoms with Gasteiger partial charge in [0.05, 0.1) is 9.85 Å². The van der Waals surface area contributed by atoms with Crippen LogP contribution in [0.1, 0.15) is 13.8 Å². The molecule has 0 fully saturated rings. The van der Waals surface area contributed by atoms with Crippen molar-refractivity contribution in [1.29, 1.82) is 0 Å². The van der Waals surface area contributed by atoms with Crippen molar-refractivity contribution in [2.75, 3.05) is 5.32 Å². The highest BCUT2D eigenvalue weighted by Gasteiger charge is 2.32. The van der Waals surface area contributed by atoms with Crippen LogP contribution in [-0.2, 0) is 14.8 Å². The Balaban J connectivity index is 2.26. The van der Waals surface area contributed by atoms with Crippen molar-refractivity contribution in [3.05, 3.63) is 68.8 Å². The summed E-state index contributed by atoms with van der Waals surface area (Å²) in [7, 11) is -4.38. The fraction of sp³-hybridized carbons (Fsp3) is 0.235. The van der Waals surface area contributed by atoms with Crippen LogP contribution in [0.5, 0.6) is 0 Å². The smallest absolute Gasteiger partial charge is 0.289 e. The van der Waals surface area contributed by atoms with Gasteiger partial charge in [-0.3, -0.25) is 25.0 Å². The van der Waals surface area contributed by atoms with Crippen molar-refractivity contribution < 1.29 is 23.1 Å². The predicted molar refractivity (Wildman–Crippen MR) is 104 cm³/mol. The quantitative estimate of drug-likeness (QED) is 0.487. The van der Waals surface area contributed by atoms with Crippen molar-refractivity contribution in [1.82, 2.24) is 4.72 Å². The van der Waals surface area contributed by atoms with Crippen molar-refractivity contribution in [3.63, 3.8) is 0 Å². The van der Waals surface area contributed by atoms with Gasteiger partial charge >= 0.3 is 0 Å². The van der Waals surface area contributed by atoms with E-state index in [2.05, 4.69) is 10.0 Å². The minimum absolute atomic E-state index is 0.166. The average Bonchev–Trinajstić information content (AvgIpc) is 2.66. The van der Waals surface area contributed by atoms with Crippen LogP contribution in [0.2, 0.25) is 0 Å². The summed E-state index contributed by atoms with van der Waals surface area (Å²) in [6.07, 6.45) is 0. The highest BCUT2D eigenvalue weighted by Crippen LogP contribution is 2.24. The second kappa shape index (κ2) is 8.75. The minimum atomic E-state index is -4.38. The van der Waals surface area contributed by atoms with Gasteiger partial charge in [0, 0.05) is 23.9 Å². The predicted octanol–water partition coefficient (Wildman–Crippen LogP) is 2.44. The Morgan fingerprint density at radius 2 is 1.55 bits per heavy atom. The third kappa shape index (κ3) is 5.33. The van der Waals surface area contributed by atoms with Crippen molar-refractivity contribution in [2.45, 2.75) is 24.8 Å². The van der Waals surface area contributed by atoms with Gasteiger partial charge < -0.3 is 5.32 Å². The molecule has 11 nitrogen and oxygen atoms in total. The van der Waals surface area contributed by atoms with E-state index in [-0.39, 0.29) is 11.4 Å². The van der Waals surface area contributed by atoms with Crippen LogP contribution in [0.25, 0.3) is 0 Å². The lowest BCUT2D eigenvalue weighted by Crippen LogP contribution is -2.47. The number of carbonyl (C=O) groups is 1. The normalized spacial score (nSPS) is 12.4. The molecule has 0 bridgehead atoms. The standard InChI is InChI=1S/C17H18N4O7S/c1-11(2)16(17(22)18-12-7-9-13(10-8-12)20(23)24)19-29(27,28)15-6-4-3-5-14(15)21(25)26/h3-11,16,19H,1-2H3,(H,18,22). The number of nitrogens with zero attached hydrogens (tertiary/aromatic N) is 2. The Hall–Kier alpha value is -3.38. The molecule has 0 aliphatic heterocycles. The molecule has 0 aromatic heterocycles. The zero-order valence-corrected chi connectivity index (χ0v) is 16.3. The molecular weight excluding hydrogens is 404 g/mol. The summed E-state index contributed by atoms with van der Waals surface area (Å²) in [5.74, 6) is -1.21. The number of nitro groups is 2. The number of non-ortho nitro benzene ring substituents is 1. The highest BCUT2D eigenvalue weighted by molar-refractivity contribution is 7.89. The van der Waals surface area contributed by atoms with Crippen LogP contribution in [0.15, 0.2) is 53.4 Å². The molecule has 2 aromatic carbocycles. The summed E-state index contributed by atoms with van der Waals surface area (Å²) in [5, 5.41) is 24.3. The zero-order chi connectivity index (χ0) is 21.8. The minimum Gasteiger partial charge on any atom is -0.325 e. The van der Waals surface area contributed by atoms with E-state index in [1.807, 2.05) is 0 Å². The van der Waals surface area contributed by atoms with E-state index in [9.17, 15) is 33.4 Å². The Labute approximate surface area is 166 Å². The van der Waals surface area contributed by atoms with E-state index < -0.39 is 48.3 Å². The van der Waals surface area contributed by atoms with Gasteiger partial charge in [-0.15, -0.1) is 0 Å². The van der Waals surface area contributed by atoms with Gasteiger partial charge in [0.1, 0.15) is 6.04 Å². The first-order valence-corrected chi connectivity index (χ1v) is 9.82. The van der Waals surface area contributed by atoms with Crippen molar-refractivity contribution in [2.24, 2.45) is 5.92 Å². The zero-order valence-electron chi connectivity index (χ0n) is 15.4. The molecule has 0 radical (unpaired) electrons. The number of sulfonamides is 1. The third-order valence-electron chi connectivity index (χ3n) is 3.93. The molecule has 1 amide bonds. The molecule has 0 aliphatic rings. The SMILES string of the molecule is CC(C)C(NS(=O)(=O)c1ccccc1[N+](=O)[O-])C(=O)Nc1ccc([N+](=O)[O-])cc1. The number of hydrogen-bond acceptors (Lipinski definition) is 7. The topological polar surface area (TPSA) is 162 Å². The van der Waals surface area contributed by atoms with E-state index in [1.54, 1.807) is 13.8 Å². The fourth-order valence-electron chi connectivity index (χ4n) is 2.44. The molecule has 0 saturated carbocycles. The Morgan fingerprint density at radius 3 is 2.07 bits per heavy atom. The third-order valence-corrected chi connectivity index (χ3v) is 5.42. The van der Waals surface area contributed by atoms with E-state index in [0.29, 0.717) is 0 Å². The van der Waals surface area contributed by atoms with E-state index in [0.717, 1.165) is 12.1 Å². The Kier molecular flexibility index (Phi) is 6.61. The number of benzene rings is 2. The number of amides is 1. The lowest BCUT2D eigenvalue weighted by molar-refractivity contribution is -0.387. The van der Waals surface area contributed by atoms with E-state index in [1.165, 1.54) is 36.4 Å². The van der Waals surface area contributed by atoms with Crippen LogP contribution >= 0.6 is 0 Å². The molecule has 0 heterocycles. The van der Waals surface area contributed by atoms with Gasteiger partial charge in [-0.05, 0) is 24.1 Å². The summed E-state index contributed by atoms with van der Waals surface area (Å²) < 4.78 is 27.6. The molecule has 1 unspecified atom stereocenters. The molecule has 0 aliphatic carbocycles. The number of rotatable bonds is 8. The molecule has 154 valence electrons. The van der Waals surface area contributed by atoms with E-state index in [4.69, 9.17) is 0 Å². The molecule has 2 rings (SSSR count). The van der Waals surface area contributed by atoms with Crippen LogP contribution in [-0.4, -0.2) is 30.2 Å². The molecular formula is C17H18N4O7S. The largest absolute Gasteiger partial charge is 0.325 e. The van der Waals surface area contributed by atoms with Crippen LogP contribution < -0.4 is 10.0 Å². The Bertz CT molecular complexity index is 1040. The van der Waals surface area contributed by atoms with E-state index >= 15 is 0 Å². The lowest BCUT2D eigenvalue weighted by atomic mass is 10.0. The molecule has 1 atom stereocenters. The summed E-state index contributed by atoms with van der Waals surface area (Å²) in [5.41, 5.74) is -0.546. The van der Waals surface area contributed by atoms with Gasteiger partial charge in [0.25, 0.3) is 11.4 Å². The number of nitrogens with one attached hydrogen (secondary N) is 2. The Morgan fingerprint density at radius 1 is 0.966 bits per heavy atom. The van der Waals surface area contributed by atoms with Crippen LogP contribution in [0.4, 0.5) is 17.1 Å². The number of carbonyl (C=O) groups excluding carboxylic acids is 1. The summed E-state index contributed by atoms with van der Waals surface area (Å²) >= 11 is 0. The molecule has 12 heteroatoms. The maximum absolute atomic E-state index is 12.7. The molecule has 2 aromatic rings. The number of hydrogen-bond donors (Lipinski definition) is 2. The van der Waals surface area contributed by atoms with Gasteiger partial charge in [-0.25, -0.2) is 8.42 Å². The van der Waals surface area contributed by atoms with Crippen molar-refractivity contribution in [3.8, 4) is 0 Å². The van der Waals surface area contributed by atoms with Gasteiger partial charge in [0.2, 0.25) is 15.9 Å². The molecule has 0 spiro atoms. The lowest BCUT2D eigenvalue weighted by Gasteiger charge is -2.21. The first-order chi connectivity index (χ1) is 13.5. The van der Waals surface area contributed by atoms with Crippen LogP contribution in [0.3, 0.4) is 0 Å². The molecule has 29 heavy (non-hydrogen) atoms. The molecule has 2 N–H and O–H groups in total. The van der Waals surface area contributed by atoms with Crippen LogP contribution in [0, 0.1) is 26.1 Å². The first-order valence-electron chi connectivity index (χ1n) is 8.34. The maximum Gasteiger partial charge on any atom is 0.289 e. The summed E-state index contributed by atoms with van der Waals surface area (Å²) in [4.78, 5) is 32.4.